The van der Waals surface area contributed by atoms with Crippen LogP contribution in [0.3, 0.4) is 0 Å². The van der Waals surface area contributed by atoms with Crippen LogP contribution in [-0.2, 0) is 9.59 Å². The van der Waals surface area contributed by atoms with E-state index in [1.54, 1.807) is 0 Å². The molecule has 0 aromatic rings. The van der Waals surface area contributed by atoms with Crippen molar-refractivity contribution in [2.75, 3.05) is 13.1 Å². The lowest BCUT2D eigenvalue weighted by atomic mass is 9.96. The zero-order valence-electron chi connectivity index (χ0n) is 11.3. The SMILES string of the molecule is O=C1CCN(CCCC(F)(F)F)C(=O)C2(CCCC2)N1. The van der Waals surface area contributed by atoms with Crippen molar-refractivity contribution in [3.8, 4) is 0 Å². The molecule has 0 atom stereocenters. The van der Waals surface area contributed by atoms with Crippen LogP contribution in [0.5, 0.6) is 0 Å². The summed E-state index contributed by atoms with van der Waals surface area (Å²) < 4.78 is 36.5. The smallest absolute Gasteiger partial charge is 0.342 e. The molecular formula is C13H19F3N2O2. The second kappa shape index (κ2) is 5.61. The summed E-state index contributed by atoms with van der Waals surface area (Å²) in [7, 11) is 0. The molecule has 1 heterocycles. The van der Waals surface area contributed by atoms with Crippen LogP contribution in [0.2, 0.25) is 0 Å². The van der Waals surface area contributed by atoms with Crippen LogP contribution in [0.25, 0.3) is 0 Å². The number of rotatable bonds is 3. The third-order valence-corrected chi connectivity index (χ3v) is 4.03. The topological polar surface area (TPSA) is 49.4 Å². The van der Waals surface area contributed by atoms with Gasteiger partial charge in [-0.3, -0.25) is 9.59 Å². The molecule has 1 spiro atoms. The van der Waals surface area contributed by atoms with Gasteiger partial charge in [0.05, 0.1) is 0 Å². The summed E-state index contributed by atoms with van der Waals surface area (Å²) in [5, 5.41) is 2.79. The predicted octanol–water partition coefficient (Wildman–Crippen LogP) is 1.99. The lowest BCUT2D eigenvalue weighted by Gasteiger charge is -2.31. The van der Waals surface area contributed by atoms with Gasteiger partial charge in [-0.05, 0) is 19.3 Å². The number of nitrogens with one attached hydrogen (secondary N) is 1. The maximum atomic E-state index is 12.5. The van der Waals surface area contributed by atoms with Gasteiger partial charge in [-0.1, -0.05) is 12.8 Å². The fraction of sp³-hybridized carbons (Fsp3) is 0.846. The molecule has 1 saturated heterocycles. The Morgan fingerprint density at radius 1 is 1.20 bits per heavy atom. The van der Waals surface area contributed by atoms with Gasteiger partial charge in [0.1, 0.15) is 5.54 Å². The Bertz CT molecular complexity index is 390. The first-order chi connectivity index (χ1) is 9.32. The molecule has 2 amide bonds. The van der Waals surface area contributed by atoms with Gasteiger partial charge >= 0.3 is 6.18 Å². The van der Waals surface area contributed by atoms with E-state index in [4.69, 9.17) is 0 Å². The van der Waals surface area contributed by atoms with Gasteiger partial charge in [0, 0.05) is 25.9 Å². The fourth-order valence-electron chi connectivity index (χ4n) is 3.02. The van der Waals surface area contributed by atoms with Crippen molar-refractivity contribution in [1.82, 2.24) is 10.2 Å². The minimum atomic E-state index is -4.20. The van der Waals surface area contributed by atoms with Crippen molar-refractivity contribution in [3.05, 3.63) is 0 Å². The van der Waals surface area contributed by atoms with Crippen molar-refractivity contribution in [3.63, 3.8) is 0 Å². The average molecular weight is 292 g/mol. The normalized spacial score (nSPS) is 23.1. The first kappa shape index (κ1) is 15.1. The summed E-state index contributed by atoms with van der Waals surface area (Å²) in [5.41, 5.74) is -0.855. The standard InChI is InChI=1S/C13H19F3N2O2/c14-13(15,16)7-3-8-18-9-4-10(19)17-12(11(18)20)5-1-2-6-12/h1-9H2,(H,17,19). The lowest BCUT2D eigenvalue weighted by molar-refractivity contribution is -0.143. The van der Waals surface area contributed by atoms with E-state index in [1.807, 2.05) is 0 Å². The molecule has 114 valence electrons. The Balaban J connectivity index is 2.01. The third-order valence-electron chi connectivity index (χ3n) is 4.03. The van der Waals surface area contributed by atoms with Gasteiger partial charge < -0.3 is 10.2 Å². The second-order valence-corrected chi connectivity index (χ2v) is 5.60. The lowest BCUT2D eigenvalue weighted by Crippen LogP contribution is -2.55. The van der Waals surface area contributed by atoms with Gasteiger partial charge in [0.15, 0.2) is 0 Å². The van der Waals surface area contributed by atoms with E-state index in [9.17, 15) is 22.8 Å². The third kappa shape index (κ3) is 3.43. The number of carbonyl (C=O) groups excluding carboxylic acids is 2. The molecule has 0 aromatic heterocycles. The van der Waals surface area contributed by atoms with Crippen LogP contribution in [0, 0.1) is 0 Å². The highest BCUT2D eigenvalue weighted by atomic mass is 19.4. The first-order valence-corrected chi connectivity index (χ1v) is 7.00. The summed E-state index contributed by atoms with van der Waals surface area (Å²) in [4.78, 5) is 25.6. The van der Waals surface area contributed by atoms with Crippen LogP contribution >= 0.6 is 0 Å². The Morgan fingerprint density at radius 3 is 2.45 bits per heavy atom. The fourth-order valence-corrected chi connectivity index (χ4v) is 3.02. The molecule has 1 aliphatic heterocycles. The van der Waals surface area contributed by atoms with E-state index in [0.29, 0.717) is 12.8 Å². The van der Waals surface area contributed by atoms with E-state index in [0.717, 1.165) is 12.8 Å². The second-order valence-electron chi connectivity index (χ2n) is 5.60. The molecule has 2 rings (SSSR count). The van der Waals surface area contributed by atoms with Gasteiger partial charge in [-0.15, -0.1) is 0 Å². The highest BCUT2D eigenvalue weighted by Gasteiger charge is 2.46. The van der Waals surface area contributed by atoms with Crippen LogP contribution in [0.4, 0.5) is 13.2 Å². The van der Waals surface area contributed by atoms with E-state index in [2.05, 4.69) is 5.32 Å². The van der Waals surface area contributed by atoms with E-state index >= 15 is 0 Å². The predicted molar refractivity (Wildman–Crippen MR) is 65.8 cm³/mol. The van der Waals surface area contributed by atoms with Crippen LogP contribution < -0.4 is 5.32 Å². The zero-order valence-corrected chi connectivity index (χ0v) is 11.3. The van der Waals surface area contributed by atoms with Gasteiger partial charge in [0.25, 0.3) is 0 Å². The molecule has 1 N–H and O–H groups in total. The quantitative estimate of drug-likeness (QED) is 0.865. The van der Waals surface area contributed by atoms with E-state index < -0.39 is 18.1 Å². The van der Waals surface area contributed by atoms with Crippen molar-refractivity contribution < 1.29 is 22.8 Å². The molecule has 0 bridgehead atoms. The van der Waals surface area contributed by atoms with Crippen molar-refractivity contribution in [2.45, 2.75) is 56.7 Å². The maximum absolute atomic E-state index is 12.5. The molecule has 2 aliphatic rings. The Labute approximate surface area is 115 Å². The van der Waals surface area contributed by atoms with Crippen LogP contribution in [0.1, 0.15) is 44.9 Å². The average Bonchev–Trinajstić information content (AvgIpc) is 2.76. The highest BCUT2D eigenvalue weighted by molar-refractivity contribution is 5.93. The number of amides is 2. The minimum absolute atomic E-state index is 0.0645. The molecular weight excluding hydrogens is 273 g/mol. The van der Waals surface area contributed by atoms with E-state index in [1.165, 1.54) is 4.90 Å². The van der Waals surface area contributed by atoms with Crippen molar-refractivity contribution in [2.24, 2.45) is 0 Å². The van der Waals surface area contributed by atoms with Crippen molar-refractivity contribution >= 4 is 11.8 Å². The molecule has 20 heavy (non-hydrogen) atoms. The van der Waals surface area contributed by atoms with Crippen LogP contribution in [0.15, 0.2) is 0 Å². The Morgan fingerprint density at radius 2 is 1.85 bits per heavy atom. The maximum Gasteiger partial charge on any atom is 0.389 e. The van der Waals surface area contributed by atoms with Gasteiger partial charge in [-0.2, -0.15) is 13.2 Å². The van der Waals surface area contributed by atoms with Gasteiger partial charge in [-0.25, -0.2) is 0 Å². The first-order valence-electron chi connectivity index (χ1n) is 7.00. The number of hydrogen-bond donors (Lipinski definition) is 1. The zero-order chi connectivity index (χ0) is 14.8. The largest absolute Gasteiger partial charge is 0.389 e. The number of carbonyl (C=O) groups is 2. The molecule has 1 aliphatic carbocycles. The van der Waals surface area contributed by atoms with Crippen molar-refractivity contribution in [1.29, 1.82) is 0 Å². The molecule has 1 saturated carbocycles. The highest BCUT2D eigenvalue weighted by Crippen LogP contribution is 2.33. The summed E-state index contributed by atoms with van der Waals surface area (Å²) in [6, 6.07) is 0. The number of hydrogen-bond acceptors (Lipinski definition) is 2. The molecule has 0 radical (unpaired) electrons. The molecule has 0 unspecified atom stereocenters. The Hall–Kier alpha value is -1.27. The number of alkyl halides is 3. The van der Waals surface area contributed by atoms with Gasteiger partial charge in [0.2, 0.25) is 11.8 Å². The Kier molecular flexibility index (Phi) is 4.25. The summed E-state index contributed by atoms with van der Waals surface area (Å²) >= 11 is 0. The minimum Gasteiger partial charge on any atom is -0.342 e. The molecule has 4 nitrogen and oxygen atoms in total. The number of halogens is 3. The summed E-state index contributed by atoms with van der Waals surface area (Å²) in [5.74, 6) is -0.387. The number of nitrogens with zero attached hydrogens (tertiary/aromatic N) is 1. The molecule has 0 aromatic carbocycles. The van der Waals surface area contributed by atoms with Crippen LogP contribution in [-0.4, -0.2) is 41.5 Å². The molecule has 7 heteroatoms. The summed E-state index contributed by atoms with van der Waals surface area (Å²) in [6.07, 6.45) is -2.14. The summed E-state index contributed by atoms with van der Waals surface area (Å²) in [6.45, 7) is 0.277. The molecule has 2 fully saturated rings. The monoisotopic (exact) mass is 292 g/mol. The van der Waals surface area contributed by atoms with E-state index in [-0.39, 0.29) is 37.7 Å².